The molecule has 0 N–H and O–H groups in total. The van der Waals surface area contributed by atoms with E-state index in [-0.39, 0.29) is 18.3 Å². The van der Waals surface area contributed by atoms with Crippen LogP contribution in [0, 0.1) is 0 Å². The standard InChI is InChI=1S/C19H22ClN3O2S2.ClH/c1-4-22(5-2)10-11-23(18(24)16-8-9-17(20)26-16)19-21-14-12-13(25-3)6-7-15(14)27-19;/h6-9,12H,4-5,10-11H2,1-3H3;1H. The van der Waals surface area contributed by atoms with Crippen LogP contribution in [0.4, 0.5) is 5.13 Å². The summed E-state index contributed by atoms with van der Waals surface area (Å²) in [6.45, 7) is 7.50. The Morgan fingerprint density at radius 3 is 2.50 bits per heavy atom. The van der Waals surface area contributed by atoms with Gasteiger partial charge in [0, 0.05) is 19.2 Å². The summed E-state index contributed by atoms with van der Waals surface area (Å²) >= 11 is 8.85. The Labute approximate surface area is 184 Å². The van der Waals surface area contributed by atoms with E-state index in [9.17, 15) is 4.79 Å². The first-order valence-electron chi connectivity index (χ1n) is 8.79. The van der Waals surface area contributed by atoms with Gasteiger partial charge in [-0.25, -0.2) is 4.98 Å². The summed E-state index contributed by atoms with van der Waals surface area (Å²) < 4.78 is 6.92. The van der Waals surface area contributed by atoms with Crippen LogP contribution in [0.3, 0.4) is 0 Å². The lowest BCUT2D eigenvalue weighted by molar-refractivity contribution is 0.0987. The third kappa shape index (κ3) is 5.15. The Morgan fingerprint density at radius 2 is 1.89 bits per heavy atom. The van der Waals surface area contributed by atoms with E-state index in [0.29, 0.717) is 20.9 Å². The smallest absolute Gasteiger partial charge is 0.270 e. The molecule has 5 nitrogen and oxygen atoms in total. The molecule has 3 rings (SSSR count). The van der Waals surface area contributed by atoms with Crippen LogP contribution in [0.1, 0.15) is 23.5 Å². The average molecular weight is 460 g/mol. The molecule has 28 heavy (non-hydrogen) atoms. The van der Waals surface area contributed by atoms with Crippen LogP contribution in [-0.4, -0.2) is 49.1 Å². The minimum Gasteiger partial charge on any atom is -0.497 e. The predicted molar refractivity (Wildman–Crippen MR) is 122 cm³/mol. The zero-order valence-corrected chi connectivity index (χ0v) is 19.2. The predicted octanol–water partition coefficient (Wildman–Crippen LogP) is 5.43. The maximum Gasteiger partial charge on any atom is 0.270 e. The second-order valence-electron chi connectivity index (χ2n) is 5.92. The number of ether oxygens (including phenoxy) is 1. The van der Waals surface area contributed by atoms with Gasteiger partial charge in [0.25, 0.3) is 5.91 Å². The lowest BCUT2D eigenvalue weighted by Gasteiger charge is -2.24. The maximum absolute atomic E-state index is 13.1. The van der Waals surface area contributed by atoms with Crippen molar-refractivity contribution < 1.29 is 9.53 Å². The number of anilines is 1. The van der Waals surface area contributed by atoms with Crippen molar-refractivity contribution in [2.75, 3.05) is 38.2 Å². The van der Waals surface area contributed by atoms with E-state index in [4.69, 9.17) is 21.3 Å². The zero-order valence-electron chi connectivity index (χ0n) is 16.0. The van der Waals surface area contributed by atoms with Crippen LogP contribution in [0.2, 0.25) is 4.34 Å². The first kappa shape index (κ1) is 22.9. The molecule has 0 saturated carbocycles. The molecule has 0 atom stereocenters. The molecule has 1 aromatic carbocycles. The summed E-state index contributed by atoms with van der Waals surface area (Å²) in [6.07, 6.45) is 0. The summed E-state index contributed by atoms with van der Waals surface area (Å²) in [4.78, 5) is 22.5. The van der Waals surface area contributed by atoms with E-state index in [1.54, 1.807) is 24.1 Å². The third-order valence-electron chi connectivity index (χ3n) is 4.38. The minimum absolute atomic E-state index is 0. The molecule has 0 aliphatic carbocycles. The highest BCUT2D eigenvalue weighted by Gasteiger charge is 2.23. The summed E-state index contributed by atoms with van der Waals surface area (Å²) in [7, 11) is 1.63. The van der Waals surface area contributed by atoms with Gasteiger partial charge in [-0.3, -0.25) is 9.69 Å². The number of halogens is 2. The molecule has 152 valence electrons. The molecular formula is C19H23Cl2N3O2S2. The second kappa shape index (κ2) is 10.4. The topological polar surface area (TPSA) is 45.7 Å². The molecular weight excluding hydrogens is 437 g/mol. The molecule has 0 bridgehead atoms. The van der Waals surface area contributed by atoms with E-state index in [1.165, 1.54) is 22.7 Å². The van der Waals surface area contributed by atoms with Gasteiger partial charge in [0.2, 0.25) is 0 Å². The third-order valence-corrected chi connectivity index (χ3v) is 6.66. The molecule has 0 radical (unpaired) electrons. The monoisotopic (exact) mass is 459 g/mol. The number of hydrogen-bond donors (Lipinski definition) is 0. The Balaban J connectivity index is 0.00000280. The normalized spacial score (nSPS) is 10.9. The molecule has 0 saturated heterocycles. The van der Waals surface area contributed by atoms with Crippen molar-refractivity contribution in [2.45, 2.75) is 13.8 Å². The first-order valence-corrected chi connectivity index (χ1v) is 10.8. The minimum atomic E-state index is -0.0647. The summed E-state index contributed by atoms with van der Waals surface area (Å²) in [5.41, 5.74) is 0.833. The number of fused-ring (bicyclic) bond motifs is 1. The van der Waals surface area contributed by atoms with E-state index in [0.717, 1.165) is 35.6 Å². The van der Waals surface area contributed by atoms with Crippen LogP contribution in [-0.2, 0) is 0 Å². The number of aromatic nitrogens is 1. The van der Waals surface area contributed by atoms with Gasteiger partial charge in [0.05, 0.1) is 26.5 Å². The molecule has 0 spiro atoms. The lowest BCUT2D eigenvalue weighted by Crippen LogP contribution is -2.38. The Morgan fingerprint density at radius 1 is 1.14 bits per heavy atom. The highest BCUT2D eigenvalue weighted by atomic mass is 35.5. The van der Waals surface area contributed by atoms with E-state index in [1.807, 2.05) is 18.2 Å². The number of thiophene rings is 1. The SMILES string of the molecule is CCN(CC)CCN(C(=O)c1ccc(Cl)s1)c1nc2cc(OC)ccc2s1.Cl. The van der Waals surface area contributed by atoms with Crippen molar-refractivity contribution in [3.05, 3.63) is 39.5 Å². The van der Waals surface area contributed by atoms with Gasteiger partial charge in [0.1, 0.15) is 5.75 Å². The number of carbonyl (C=O) groups is 1. The number of benzene rings is 1. The lowest BCUT2D eigenvalue weighted by atomic mass is 10.3. The number of rotatable bonds is 8. The summed E-state index contributed by atoms with van der Waals surface area (Å²) in [5, 5.41) is 0.694. The van der Waals surface area contributed by atoms with Gasteiger partial charge in [-0.2, -0.15) is 0 Å². The van der Waals surface area contributed by atoms with Gasteiger partial charge in [-0.1, -0.05) is 36.8 Å². The molecule has 0 aliphatic heterocycles. The van der Waals surface area contributed by atoms with Gasteiger partial charge in [0.15, 0.2) is 5.13 Å². The van der Waals surface area contributed by atoms with Gasteiger partial charge in [-0.15, -0.1) is 23.7 Å². The first-order chi connectivity index (χ1) is 13.0. The van der Waals surface area contributed by atoms with Gasteiger partial charge < -0.3 is 9.64 Å². The maximum atomic E-state index is 13.1. The van der Waals surface area contributed by atoms with Crippen LogP contribution in [0.15, 0.2) is 30.3 Å². The van der Waals surface area contributed by atoms with Crippen molar-refractivity contribution in [2.24, 2.45) is 0 Å². The molecule has 0 fully saturated rings. The Kier molecular flexibility index (Phi) is 8.52. The van der Waals surface area contributed by atoms with Crippen LogP contribution >= 0.6 is 46.7 Å². The molecule has 3 aromatic rings. The van der Waals surface area contributed by atoms with E-state index < -0.39 is 0 Å². The largest absolute Gasteiger partial charge is 0.497 e. The molecule has 1 amide bonds. The molecule has 0 aliphatic rings. The number of thiazole rings is 1. The zero-order chi connectivity index (χ0) is 19.4. The van der Waals surface area contributed by atoms with E-state index in [2.05, 4.69) is 18.7 Å². The highest BCUT2D eigenvalue weighted by Crippen LogP contribution is 2.33. The van der Waals surface area contributed by atoms with Crippen LogP contribution in [0.25, 0.3) is 10.2 Å². The second-order valence-corrected chi connectivity index (χ2v) is 8.64. The van der Waals surface area contributed by atoms with Crippen LogP contribution in [0.5, 0.6) is 5.75 Å². The molecule has 9 heteroatoms. The number of likely N-dealkylation sites (N-methyl/N-ethyl adjacent to an activating group) is 1. The van der Waals surface area contributed by atoms with E-state index >= 15 is 0 Å². The van der Waals surface area contributed by atoms with Gasteiger partial charge >= 0.3 is 0 Å². The molecule has 2 heterocycles. The molecule has 2 aromatic heterocycles. The van der Waals surface area contributed by atoms with Crippen molar-refractivity contribution in [3.63, 3.8) is 0 Å². The molecule has 0 unspecified atom stereocenters. The Hall–Kier alpha value is -1.38. The van der Waals surface area contributed by atoms with Crippen molar-refractivity contribution >= 4 is 67.9 Å². The van der Waals surface area contributed by atoms with Gasteiger partial charge in [-0.05, 0) is 37.4 Å². The van der Waals surface area contributed by atoms with Crippen molar-refractivity contribution in [1.82, 2.24) is 9.88 Å². The number of methoxy groups -OCH3 is 1. The van der Waals surface area contributed by atoms with Crippen molar-refractivity contribution in [3.8, 4) is 5.75 Å². The number of carbonyl (C=O) groups excluding carboxylic acids is 1. The van der Waals surface area contributed by atoms with Crippen LogP contribution < -0.4 is 9.64 Å². The fourth-order valence-corrected chi connectivity index (χ4v) is 4.73. The summed E-state index contributed by atoms with van der Waals surface area (Å²) in [6, 6.07) is 9.31. The fourth-order valence-electron chi connectivity index (χ4n) is 2.77. The Bertz CT molecular complexity index is 925. The van der Waals surface area contributed by atoms with Crippen molar-refractivity contribution in [1.29, 1.82) is 0 Å². The number of amides is 1. The highest BCUT2D eigenvalue weighted by molar-refractivity contribution is 7.22. The average Bonchev–Trinajstić information content (AvgIpc) is 3.30. The number of nitrogens with zero attached hydrogens (tertiary/aromatic N) is 3. The quantitative estimate of drug-likeness (QED) is 0.450. The number of hydrogen-bond acceptors (Lipinski definition) is 6. The summed E-state index contributed by atoms with van der Waals surface area (Å²) in [5.74, 6) is 0.690. The fraction of sp³-hybridized carbons (Fsp3) is 0.368.